The first kappa shape index (κ1) is 21.9. The van der Waals surface area contributed by atoms with Gasteiger partial charge in [0, 0.05) is 22.9 Å². The zero-order valence-corrected chi connectivity index (χ0v) is 19.8. The summed E-state index contributed by atoms with van der Waals surface area (Å²) in [7, 11) is 0. The van der Waals surface area contributed by atoms with E-state index in [1.807, 2.05) is 42.6 Å². The molecular formula is C24H23N5O2S2. The highest BCUT2D eigenvalue weighted by atomic mass is 32.2. The maximum atomic E-state index is 13.3. The van der Waals surface area contributed by atoms with E-state index >= 15 is 0 Å². The highest BCUT2D eigenvalue weighted by Gasteiger charge is 2.53. The lowest BCUT2D eigenvalue weighted by molar-refractivity contribution is -0.124. The normalized spacial score (nSPS) is 19.6. The van der Waals surface area contributed by atoms with Gasteiger partial charge in [-0.1, -0.05) is 60.1 Å². The van der Waals surface area contributed by atoms with Crippen LogP contribution >= 0.6 is 23.1 Å². The van der Waals surface area contributed by atoms with Crippen molar-refractivity contribution in [2.75, 3.05) is 0 Å². The lowest BCUT2D eigenvalue weighted by atomic mass is 9.67. The smallest absolute Gasteiger partial charge is 0.237 e. The van der Waals surface area contributed by atoms with Crippen LogP contribution in [-0.2, 0) is 17.0 Å². The molecule has 1 spiro atoms. The van der Waals surface area contributed by atoms with E-state index in [2.05, 4.69) is 26.5 Å². The van der Waals surface area contributed by atoms with Crippen molar-refractivity contribution in [2.45, 2.75) is 50.7 Å². The van der Waals surface area contributed by atoms with E-state index < -0.39 is 11.3 Å². The molecule has 0 radical (unpaired) electrons. The number of carbonyl (C=O) groups excluding carboxylic acids is 1. The molecule has 3 aromatic rings. The number of aryl methyl sites for hydroxylation is 1. The number of thioether (sulfide) groups is 1. The number of hydrogen-bond acceptors (Lipinski definition) is 8. The van der Waals surface area contributed by atoms with Crippen molar-refractivity contribution < 1.29 is 9.32 Å². The molecule has 2 aromatic heterocycles. The Labute approximate surface area is 200 Å². The number of aromatic nitrogens is 3. The second-order valence-corrected chi connectivity index (χ2v) is 10.4. The van der Waals surface area contributed by atoms with Crippen LogP contribution in [0.5, 0.6) is 0 Å². The predicted octanol–water partition coefficient (Wildman–Crippen LogP) is 4.87. The van der Waals surface area contributed by atoms with Gasteiger partial charge in [0.15, 0.2) is 5.82 Å². The van der Waals surface area contributed by atoms with E-state index in [0.29, 0.717) is 34.5 Å². The third-order valence-electron chi connectivity index (χ3n) is 6.32. The Kier molecular flexibility index (Phi) is 6.04. The van der Waals surface area contributed by atoms with Gasteiger partial charge in [-0.2, -0.15) is 10.2 Å². The Morgan fingerprint density at radius 2 is 2.06 bits per heavy atom. The molecule has 1 saturated carbocycles. The highest BCUT2D eigenvalue weighted by molar-refractivity contribution is 8.02. The second kappa shape index (κ2) is 9.12. The molecule has 1 aromatic carbocycles. The van der Waals surface area contributed by atoms with Gasteiger partial charge in [-0.05, 0) is 25.3 Å². The molecule has 1 aliphatic carbocycles. The molecule has 0 bridgehead atoms. The van der Waals surface area contributed by atoms with Crippen molar-refractivity contribution in [1.29, 1.82) is 5.26 Å². The Morgan fingerprint density at radius 3 is 2.76 bits per heavy atom. The largest absolute Gasteiger partial charge is 0.338 e. The van der Waals surface area contributed by atoms with Gasteiger partial charge in [0.1, 0.15) is 10.9 Å². The van der Waals surface area contributed by atoms with Crippen LogP contribution in [0.25, 0.3) is 0 Å². The summed E-state index contributed by atoms with van der Waals surface area (Å²) in [6.45, 7) is 1.93. The van der Waals surface area contributed by atoms with Crippen LogP contribution in [0.4, 0.5) is 0 Å². The van der Waals surface area contributed by atoms with Crippen LogP contribution in [-0.4, -0.2) is 21.0 Å². The van der Waals surface area contributed by atoms with Crippen molar-refractivity contribution >= 4 is 29.0 Å². The Hall–Kier alpha value is -2.96. The van der Waals surface area contributed by atoms with Gasteiger partial charge in [0.25, 0.3) is 0 Å². The first-order valence-electron chi connectivity index (χ1n) is 10.9. The van der Waals surface area contributed by atoms with E-state index in [1.54, 1.807) is 0 Å². The molecule has 168 valence electrons. The molecule has 1 fully saturated rings. The van der Waals surface area contributed by atoms with Crippen molar-refractivity contribution in [3.8, 4) is 6.07 Å². The number of nitriles is 1. The second-order valence-electron chi connectivity index (χ2n) is 8.48. The Balaban J connectivity index is 1.38. The number of rotatable bonds is 6. The molecule has 1 N–H and O–H groups in total. The number of benzene rings is 1. The summed E-state index contributed by atoms with van der Waals surface area (Å²) in [6, 6.07) is 12.4. The number of carbonyl (C=O) groups is 1. The molecule has 1 unspecified atom stereocenters. The van der Waals surface area contributed by atoms with Crippen LogP contribution in [0.3, 0.4) is 0 Å². The minimum absolute atomic E-state index is 0.0805. The van der Waals surface area contributed by atoms with Crippen LogP contribution in [0.2, 0.25) is 0 Å². The predicted molar refractivity (Wildman–Crippen MR) is 126 cm³/mol. The molecule has 33 heavy (non-hydrogen) atoms. The molecule has 1 amide bonds. The number of hydrogen-bond donors (Lipinski definition) is 1. The van der Waals surface area contributed by atoms with E-state index in [4.69, 9.17) is 4.52 Å². The number of allylic oxidation sites excluding steroid dienone is 1. The fraction of sp³-hybridized carbons (Fsp3) is 0.375. The zero-order valence-electron chi connectivity index (χ0n) is 18.2. The van der Waals surface area contributed by atoms with Gasteiger partial charge in [0.05, 0.1) is 22.4 Å². The highest BCUT2D eigenvalue weighted by Crippen LogP contribution is 2.57. The number of amides is 1. The van der Waals surface area contributed by atoms with Gasteiger partial charge >= 0.3 is 0 Å². The minimum atomic E-state index is -0.489. The summed E-state index contributed by atoms with van der Waals surface area (Å²) in [4.78, 5) is 22.4. The molecular weight excluding hydrogens is 454 g/mol. The maximum absolute atomic E-state index is 13.3. The van der Waals surface area contributed by atoms with Gasteiger partial charge in [-0.3, -0.25) is 4.79 Å². The van der Waals surface area contributed by atoms with Crippen molar-refractivity contribution in [1.82, 2.24) is 20.4 Å². The van der Waals surface area contributed by atoms with Gasteiger partial charge in [0.2, 0.25) is 11.8 Å². The molecule has 9 heteroatoms. The fourth-order valence-electron chi connectivity index (χ4n) is 4.87. The minimum Gasteiger partial charge on any atom is -0.338 e. The van der Waals surface area contributed by atoms with Crippen LogP contribution in [0.1, 0.15) is 59.6 Å². The van der Waals surface area contributed by atoms with Crippen LogP contribution < -0.4 is 5.32 Å². The van der Waals surface area contributed by atoms with Crippen LogP contribution in [0, 0.1) is 23.7 Å². The summed E-state index contributed by atoms with van der Waals surface area (Å²) in [5.41, 5.74) is 2.18. The molecule has 1 atom stereocenters. The molecule has 1 aliphatic heterocycles. The molecule has 2 aliphatic rings. The number of nitrogens with one attached hydrogen (secondary N) is 1. The van der Waals surface area contributed by atoms with Gasteiger partial charge in [-0.15, -0.1) is 11.3 Å². The molecule has 5 rings (SSSR count). The van der Waals surface area contributed by atoms with Gasteiger partial charge < -0.3 is 9.84 Å². The van der Waals surface area contributed by atoms with E-state index in [1.165, 1.54) is 23.1 Å². The Bertz CT molecular complexity index is 1240. The third kappa shape index (κ3) is 4.21. The summed E-state index contributed by atoms with van der Waals surface area (Å²) in [5.74, 6) is 0.981. The molecule has 7 nitrogen and oxygen atoms in total. The topological polar surface area (TPSA) is 105 Å². The lowest BCUT2D eigenvalue weighted by Crippen LogP contribution is -2.45. The summed E-state index contributed by atoms with van der Waals surface area (Å²) >= 11 is 2.89. The monoisotopic (exact) mass is 477 g/mol. The van der Waals surface area contributed by atoms with Crippen molar-refractivity contribution in [3.63, 3.8) is 0 Å². The van der Waals surface area contributed by atoms with Crippen molar-refractivity contribution in [2.24, 2.45) is 5.41 Å². The summed E-state index contributed by atoms with van der Waals surface area (Å²) in [5, 5.41) is 20.6. The summed E-state index contributed by atoms with van der Waals surface area (Å²) < 4.78 is 5.43. The van der Waals surface area contributed by atoms with Crippen LogP contribution in [0.15, 0.2) is 50.8 Å². The fourth-order valence-corrected chi connectivity index (χ4v) is 6.83. The first-order chi connectivity index (χ1) is 16.1. The first-order valence-corrected chi connectivity index (χ1v) is 12.8. The molecule has 0 saturated heterocycles. The summed E-state index contributed by atoms with van der Waals surface area (Å²) in [6.07, 6.45) is 4.24. The number of thiazole rings is 1. The number of nitrogens with zero attached hydrogens (tertiary/aromatic N) is 4. The maximum Gasteiger partial charge on any atom is 0.237 e. The lowest BCUT2D eigenvalue weighted by Gasteiger charge is -2.40. The zero-order chi connectivity index (χ0) is 22.8. The van der Waals surface area contributed by atoms with E-state index in [-0.39, 0.29) is 5.91 Å². The Morgan fingerprint density at radius 1 is 1.27 bits per heavy atom. The standard InChI is InChI=1S/C24H23N5O2S2/c1-15-13-32-23(26-15)20-21(30)28-22(17(12-25)24(20)9-5-6-10-24)33-14-19-27-18(29-31-19)11-16-7-3-2-4-8-16/h2-4,7-8,13,20H,5-6,9-11,14H2,1H3,(H,28,30). The van der Waals surface area contributed by atoms with Gasteiger partial charge in [-0.25, -0.2) is 4.98 Å². The van der Waals surface area contributed by atoms with E-state index in [9.17, 15) is 10.1 Å². The SMILES string of the molecule is Cc1csc(C2C(=O)NC(SCc3nc(Cc4ccccc4)no3)=C(C#N)C23CCCC3)n1. The average Bonchev–Trinajstić information content (AvgIpc) is 3.56. The van der Waals surface area contributed by atoms with Crippen molar-refractivity contribution in [3.05, 3.63) is 74.3 Å². The molecule has 3 heterocycles. The third-order valence-corrected chi connectivity index (χ3v) is 8.34. The quantitative estimate of drug-likeness (QED) is 0.540. The van der Waals surface area contributed by atoms with E-state index in [0.717, 1.165) is 41.9 Å². The average molecular weight is 478 g/mol.